The number of halogens is 1. The van der Waals surface area contributed by atoms with Crippen LogP contribution in [0.5, 0.6) is 5.75 Å². The van der Waals surface area contributed by atoms with Crippen molar-refractivity contribution in [2.45, 2.75) is 25.7 Å². The van der Waals surface area contributed by atoms with Crippen molar-refractivity contribution in [2.24, 2.45) is 5.92 Å². The van der Waals surface area contributed by atoms with Crippen molar-refractivity contribution in [3.05, 3.63) is 23.5 Å². The van der Waals surface area contributed by atoms with Gasteiger partial charge in [-0.1, -0.05) is 30.9 Å². The average Bonchev–Trinajstić information content (AvgIpc) is 2.09. The molecule has 0 atom stereocenters. The molecule has 1 aliphatic carbocycles. The van der Waals surface area contributed by atoms with Gasteiger partial charge < -0.3 is 4.74 Å². The van der Waals surface area contributed by atoms with Crippen LogP contribution in [0.4, 0.5) is 0 Å². The molecule has 0 bridgehead atoms. The van der Waals surface area contributed by atoms with E-state index in [1.165, 1.54) is 25.7 Å². The van der Waals surface area contributed by atoms with E-state index in [1.807, 2.05) is 6.07 Å². The molecule has 1 aliphatic rings. The lowest BCUT2D eigenvalue weighted by Crippen LogP contribution is -2.14. The van der Waals surface area contributed by atoms with Gasteiger partial charge in [0, 0.05) is 12.3 Å². The fraction of sp³-hybridized carbons (Fsp3) is 0.545. The molecule has 0 radical (unpaired) electrons. The van der Waals surface area contributed by atoms with E-state index in [2.05, 4.69) is 4.98 Å². The minimum absolute atomic E-state index is 0.492. The molecule has 2 nitrogen and oxygen atoms in total. The van der Waals surface area contributed by atoms with Crippen LogP contribution in [0.25, 0.3) is 0 Å². The van der Waals surface area contributed by atoms with Crippen molar-refractivity contribution < 1.29 is 4.74 Å². The third kappa shape index (κ3) is 2.61. The highest BCUT2D eigenvalue weighted by Crippen LogP contribution is 2.29. The Kier molecular flexibility index (Phi) is 3.25. The molecule has 0 N–H and O–H groups in total. The smallest absolute Gasteiger partial charge is 0.132 e. The fourth-order valence-electron chi connectivity index (χ4n) is 1.60. The lowest BCUT2D eigenvalue weighted by Gasteiger charge is -2.24. The second-order valence-corrected chi connectivity index (χ2v) is 4.14. The second-order valence-electron chi connectivity index (χ2n) is 3.75. The molecule has 0 saturated heterocycles. The maximum atomic E-state index is 5.73. The van der Waals surface area contributed by atoms with Gasteiger partial charge in [-0.15, -0.1) is 0 Å². The van der Waals surface area contributed by atoms with E-state index in [1.54, 1.807) is 12.3 Å². The molecular weight excluding hydrogens is 198 g/mol. The van der Waals surface area contributed by atoms with E-state index in [0.29, 0.717) is 5.15 Å². The molecule has 1 fully saturated rings. The van der Waals surface area contributed by atoms with Crippen molar-refractivity contribution in [3.63, 3.8) is 0 Å². The number of rotatable bonds is 4. The van der Waals surface area contributed by atoms with Crippen LogP contribution in [-0.2, 0) is 0 Å². The number of ether oxygens (including phenoxy) is 1. The molecule has 14 heavy (non-hydrogen) atoms. The van der Waals surface area contributed by atoms with Crippen molar-refractivity contribution in [2.75, 3.05) is 6.61 Å². The lowest BCUT2D eigenvalue weighted by atomic mass is 9.83. The van der Waals surface area contributed by atoms with Gasteiger partial charge in [-0.2, -0.15) is 0 Å². The van der Waals surface area contributed by atoms with Crippen molar-refractivity contribution in [1.29, 1.82) is 0 Å². The van der Waals surface area contributed by atoms with Crippen molar-refractivity contribution in [3.8, 4) is 5.75 Å². The largest absolute Gasteiger partial charge is 0.493 e. The highest BCUT2D eigenvalue weighted by Gasteiger charge is 2.16. The first kappa shape index (κ1) is 9.78. The van der Waals surface area contributed by atoms with Gasteiger partial charge in [0.25, 0.3) is 0 Å². The van der Waals surface area contributed by atoms with Gasteiger partial charge >= 0.3 is 0 Å². The Morgan fingerprint density at radius 3 is 3.00 bits per heavy atom. The summed E-state index contributed by atoms with van der Waals surface area (Å²) in [5.74, 6) is 1.72. The minimum atomic E-state index is 0.492. The van der Waals surface area contributed by atoms with E-state index in [0.717, 1.165) is 18.3 Å². The summed E-state index contributed by atoms with van der Waals surface area (Å²) in [5.41, 5.74) is 0. The Morgan fingerprint density at radius 1 is 1.50 bits per heavy atom. The molecule has 0 amide bonds. The van der Waals surface area contributed by atoms with Crippen LogP contribution >= 0.6 is 11.6 Å². The Morgan fingerprint density at radius 2 is 2.36 bits per heavy atom. The van der Waals surface area contributed by atoms with Gasteiger partial charge in [0.1, 0.15) is 10.9 Å². The highest BCUT2D eigenvalue weighted by atomic mass is 35.5. The standard InChI is InChI=1S/C11H14ClNO/c12-11-8-10(4-6-13-11)14-7-5-9-2-1-3-9/h4,6,8-9H,1-3,5,7H2. The Bertz CT molecular complexity index is 299. The number of aromatic nitrogens is 1. The third-order valence-electron chi connectivity index (χ3n) is 2.72. The lowest BCUT2D eigenvalue weighted by molar-refractivity contribution is 0.222. The van der Waals surface area contributed by atoms with E-state index in [9.17, 15) is 0 Å². The van der Waals surface area contributed by atoms with Crippen LogP contribution in [0.2, 0.25) is 5.15 Å². The van der Waals surface area contributed by atoms with Crippen LogP contribution in [0.1, 0.15) is 25.7 Å². The first-order chi connectivity index (χ1) is 6.84. The van der Waals surface area contributed by atoms with Gasteiger partial charge in [-0.25, -0.2) is 4.98 Å². The maximum absolute atomic E-state index is 5.73. The van der Waals surface area contributed by atoms with Crippen LogP contribution < -0.4 is 4.74 Å². The van der Waals surface area contributed by atoms with E-state index < -0.39 is 0 Å². The van der Waals surface area contributed by atoms with Gasteiger partial charge in [0.05, 0.1) is 6.61 Å². The summed E-state index contributed by atoms with van der Waals surface area (Å²) in [6.07, 6.45) is 6.98. The predicted octanol–water partition coefficient (Wildman–Crippen LogP) is 3.30. The SMILES string of the molecule is Clc1cc(OCCC2CCC2)ccn1. The fourth-order valence-corrected chi connectivity index (χ4v) is 1.76. The topological polar surface area (TPSA) is 22.1 Å². The van der Waals surface area contributed by atoms with Gasteiger partial charge in [-0.3, -0.25) is 0 Å². The molecule has 1 heterocycles. The molecule has 0 unspecified atom stereocenters. The third-order valence-corrected chi connectivity index (χ3v) is 2.92. The number of hydrogen-bond donors (Lipinski definition) is 0. The number of nitrogens with zero attached hydrogens (tertiary/aromatic N) is 1. The summed E-state index contributed by atoms with van der Waals surface area (Å²) in [6, 6.07) is 3.59. The van der Waals surface area contributed by atoms with Crippen LogP contribution in [0, 0.1) is 5.92 Å². The molecule has 0 aliphatic heterocycles. The zero-order valence-electron chi connectivity index (χ0n) is 8.08. The van der Waals surface area contributed by atoms with E-state index in [-0.39, 0.29) is 0 Å². The molecule has 0 aromatic carbocycles. The molecule has 2 rings (SSSR count). The van der Waals surface area contributed by atoms with E-state index in [4.69, 9.17) is 16.3 Å². The summed E-state index contributed by atoms with van der Waals surface area (Å²) in [7, 11) is 0. The monoisotopic (exact) mass is 211 g/mol. The van der Waals surface area contributed by atoms with Crippen LogP contribution in [-0.4, -0.2) is 11.6 Å². The highest BCUT2D eigenvalue weighted by molar-refractivity contribution is 6.29. The van der Waals surface area contributed by atoms with Crippen molar-refractivity contribution >= 4 is 11.6 Å². The first-order valence-corrected chi connectivity index (χ1v) is 5.47. The molecule has 3 heteroatoms. The predicted molar refractivity (Wildman–Crippen MR) is 56.7 cm³/mol. The van der Waals surface area contributed by atoms with Crippen LogP contribution in [0.3, 0.4) is 0 Å². The zero-order valence-corrected chi connectivity index (χ0v) is 8.83. The summed E-state index contributed by atoms with van der Waals surface area (Å²) in [6.45, 7) is 0.797. The summed E-state index contributed by atoms with van der Waals surface area (Å²) < 4.78 is 5.57. The normalized spacial score (nSPS) is 16.4. The van der Waals surface area contributed by atoms with Crippen molar-refractivity contribution in [1.82, 2.24) is 4.98 Å². The molecule has 1 aromatic heterocycles. The second kappa shape index (κ2) is 4.65. The van der Waals surface area contributed by atoms with Gasteiger partial charge in [0.15, 0.2) is 0 Å². The maximum Gasteiger partial charge on any atom is 0.132 e. The summed E-state index contributed by atoms with van der Waals surface area (Å²) in [5, 5.41) is 0.492. The number of hydrogen-bond acceptors (Lipinski definition) is 2. The number of pyridine rings is 1. The first-order valence-electron chi connectivity index (χ1n) is 5.09. The molecular formula is C11H14ClNO. The Hall–Kier alpha value is -0.760. The Balaban J connectivity index is 1.74. The Labute approximate surface area is 89.3 Å². The van der Waals surface area contributed by atoms with Crippen LogP contribution in [0.15, 0.2) is 18.3 Å². The average molecular weight is 212 g/mol. The summed E-state index contributed by atoms with van der Waals surface area (Å²) in [4.78, 5) is 3.90. The molecule has 1 saturated carbocycles. The van der Waals surface area contributed by atoms with Gasteiger partial charge in [-0.05, 0) is 18.4 Å². The molecule has 76 valence electrons. The molecule has 0 spiro atoms. The van der Waals surface area contributed by atoms with E-state index >= 15 is 0 Å². The quantitative estimate of drug-likeness (QED) is 0.713. The summed E-state index contributed by atoms with van der Waals surface area (Å²) >= 11 is 5.73. The van der Waals surface area contributed by atoms with Gasteiger partial charge in [0.2, 0.25) is 0 Å². The molecule has 1 aromatic rings. The zero-order chi connectivity index (χ0) is 9.80. The minimum Gasteiger partial charge on any atom is -0.493 e.